The lowest BCUT2D eigenvalue weighted by Crippen LogP contribution is -2.39. The van der Waals surface area contributed by atoms with Crippen LogP contribution in [0.15, 0.2) is 30.3 Å². The lowest BCUT2D eigenvalue weighted by molar-refractivity contribution is 0.0649. The third kappa shape index (κ3) is 3.04. The van der Waals surface area contributed by atoms with Gasteiger partial charge in [0, 0.05) is 12.6 Å². The molecule has 1 unspecified atom stereocenters. The van der Waals surface area contributed by atoms with Crippen molar-refractivity contribution in [1.29, 1.82) is 5.26 Å². The van der Waals surface area contributed by atoms with E-state index in [1.807, 2.05) is 0 Å². The molecule has 0 spiro atoms. The van der Waals surface area contributed by atoms with Gasteiger partial charge >= 0.3 is 0 Å². The number of benzene rings is 1. The maximum Gasteiger partial charge on any atom is 0.261 e. The van der Waals surface area contributed by atoms with E-state index < -0.39 is 11.9 Å². The Labute approximate surface area is 147 Å². The number of carbonyl (C=O) groups is 2. The second-order valence-electron chi connectivity index (χ2n) is 5.58. The molecule has 2 aromatic rings. The topological polar surface area (TPSA) is 86.1 Å². The van der Waals surface area contributed by atoms with Gasteiger partial charge in [0.1, 0.15) is 11.2 Å². The van der Waals surface area contributed by atoms with Gasteiger partial charge in [-0.2, -0.15) is 5.26 Å². The van der Waals surface area contributed by atoms with Crippen LogP contribution in [0.1, 0.15) is 33.2 Å². The molecule has 8 heteroatoms. The highest BCUT2D eigenvalue weighted by Crippen LogP contribution is 2.24. The molecule has 2 amide bonds. The number of aromatic nitrogens is 1. The first-order valence-electron chi connectivity index (χ1n) is 7.40. The summed E-state index contributed by atoms with van der Waals surface area (Å²) in [6, 6.07) is 8.80. The molecule has 0 aliphatic carbocycles. The summed E-state index contributed by atoms with van der Waals surface area (Å²) < 4.78 is 14.0. The Morgan fingerprint density at radius 2 is 1.92 bits per heavy atom. The number of nitriles is 1. The molecule has 0 saturated heterocycles. The van der Waals surface area contributed by atoms with E-state index >= 15 is 0 Å². The number of pyridine rings is 1. The van der Waals surface area contributed by atoms with Crippen molar-refractivity contribution in [1.82, 2.24) is 9.88 Å². The van der Waals surface area contributed by atoms with Gasteiger partial charge in [0.15, 0.2) is 11.6 Å². The molecule has 1 aliphatic rings. The number of rotatable bonds is 4. The fraction of sp³-hybridized carbons (Fsp3) is 0.176. The highest BCUT2D eigenvalue weighted by molar-refractivity contribution is 6.30. The van der Waals surface area contributed by atoms with Gasteiger partial charge in [-0.3, -0.25) is 14.5 Å². The minimum atomic E-state index is -0.741. The maximum absolute atomic E-state index is 14.0. The number of nitrogens with zero attached hydrogens (tertiary/aromatic N) is 3. The standard InChI is InChI=1S/C17H12ClFN4O2/c1-9(21-15-13(19)6-10(7-20)14(18)22-15)8-23-16(24)11-4-2-3-5-12(11)17(23)25/h2-6,9H,8H2,1H3,(H,21,22). The Hall–Kier alpha value is -2.98. The van der Waals surface area contributed by atoms with E-state index in [4.69, 9.17) is 16.9 Å². The number of anilines is 1. The maximum atomic E-state index is 14.0. The van der Waals surface area contributed by atoms with Crippen LogP contribution in [0, 0.1) is 17.1 Å². The van der Waals surface area contributed by atoms with Crippen LogP contribution in [-0.4, -0.2) is 34.3 Å². The van der Waals surface area contributed by atoms with Crippen LogP contribution >= 0.6 is 11.6 Å². The second-order valence-corrected chi connectivity index (χ2v) is 5.94. The molecular weight excluding hydrogens is 347 g/mol. The quantitative estimate of drug-likeness (QED) is 0.671. The Bertz CT molecular complexity index is 890. The van der Waals surface area contributed by atoms with Crippen molar-refractivity contribution in [2.75, 3.05) is 11.9 Å². The van der Waals surface area contributed by atoms with Crippen LogP contribution < -0.4 is 5.32 Å². The first kappa shape index (κ1) is 16.9. The van der Waals surface area contributed by atoms with Crippen LogP contribution in [0.5, 0.6) is 0 Å². The predicted octanol–water partition coefficient (Wildman–Crippen LogP) is 2.84. The van der Waals surface area contributed by atoms with E-state index in [1.54, 1.807) is 37.3 Å². The molecule has 0 saturated carbocycles. The molecule has 1 N–H and O–H groups in total. The van der Waals surface area contributed by atoms with Gasteiger partial charge in [-0.1, -0.05) is 23.7 Å². The summed E-state index contributed by atoms with van der Waals surface area (Å²) in [5.74, 6) is -1.66. The van der Waals surface area contributed by atoms with Crippen molar-refractivity contribution >= 4 is 29.2 Å². The molecule has 1 aliphatic heterocycles. The molecule has 0 radical (unpaired) electrons. The van der Waals surface area contributed by atoms with E-state index in [0.717, 1.165) is 11.0 Å². The normalized spacial score (nSPS) is 14.2. The number of nitrogens with one attached hydrogen (secondary N) is 1. The first-order chi connectivity index (χ1) is 11.9. The van der Waals surface area contributed by atoms with Gasteiger partial charge in [0.05, 0.1) is 16.7 Å². The minimum absolute atomic E-state index is 0.0328. The van der Waals surface area contributed by atoms with E-state index in [2.05, 4.69) is 10.3 Å². The molecular formula is C17H12ClFN4O2. The predicted molar refractivity (Wildman–Crippen MR) is 88.8 cm³/mol. The molecule has 126 valence electrons. The largest absolute Gasteiger partial charge is 0.363 e. The Balaban J connectivity index is 1.75. The number of hydrogen-bond donors (Lipinski definition) is 1. The number of imide groups is 1. The average Bonchev–Trinajstić information content (AvgIpc) is 2.83. The van der Waals surface area contributed by atoms with Crippen molar-refractivity contribution in [3.05, 3.63) is 58.0 Å². The molecule has 0 bridgehead atoms. The van der Waals surface area contributed by atoms with E-state index in [0.29, 0.717) is 11.1 Å². The lowest BCUT2D eigenvalue weighted by atomic mass is 10.1. The van der Waals surface area contributed by atoms with Crippen LogP contribution in [0.2, 0.25) is 5.15 Å². The first-order valence-corrected chi connectivity index (χ1v) is 7.78. The fourth-order valence-electron chi connectivity index (χ4n) is 2.60. The van der Waals surface area contributed by atoms with E-state index in [9.17, 15) is 14.0 Å². The Morgan fingerprint density at radius 1 is 1.32 bits per heavy atom. The van der Waals surface area contributed by atoms with Gasteiger partial charge in [-0.25, -0.2) is 9.37 Å². The molecule has 3 rings (SSSR count). The highest BCUT2D eigenvalue weighted by atomic mass is 35.5. The zero-order valence-corrected chi connectivity index (χ0v) is 13.8. The van der Waals surface area contributed by atoms with Crippen LogP contribution in [-0.2, 0) is 0 Å². The summed E-state index contributed by atoms with van der Waals surface area (Å²) >= 11 is 5.80. The van der Waals surface area contributed by atoms with Crippen molar-refractivity contribution in [2.45, 2.75) is 13.0 Å². The fourth-order valence-corrected chi connectivity index (χ4v) is 2.79. The molecule has 1 atom stereocenters. The molecule has 1 aromatic carbocycles. The smallest absolute Gasteiger partial charge is 0.261 e. The third-order valence-corrected chi connectivity index (χ3v) is 4.06. The summed E-state index contributed by atoms with van der Waals surface area (Å²) in [6.45, 7) is 1.71. The summed E-state index contributed by atoms with van der Waals surface area (Å²) in [5, 5.41) is 11.5. The summed E-state index contributed by atoms with van der Waals surface area (Å²) in [4.78, 5) is 29.6. The number of fused-ring (bicyclic) bond motifs is 1. The van der Waals surface area contributed by atoms with Gasteiger partial charge < -0.3 is 5.32 Å². The minimum Gasteiger partial charge on any atom is -0.363 e. The van der Waals surface area contributed by atoms with Crippen molar-refractivity contribution in [3.63, 3.8) is 0 Å². The van der Waals surface area contributed by atoms with Crippen LogP contribution in [0.25, 0.3) is 0 Å². The average molecular weight is 359 g/mol. The monoisotopic (exact) mass is 358 g/mol. The van der Waals surface area contributed by atoms with Crippen molar-refractivity contribution in [2.24, 2.45) is 0 Å². The van der Waals surface area contributed by atoms with E-state index in [-0.39, 0.29) is 34.9 Å². The third-order valence-electron chi connectivity index (χ3n) is 3.77. The summed E-state index contributed by atoms with van der Waals surface area (Å²) in [5.41, 5.74) is 0.633. The zero-order chi connectivity index (χ0) is 18.1. The second kappa shape index (κ2) is 6.49. The summed E-state index contributed by atoms with van der Waals surface area (Å²) in [7, 11) is 0. The SMILES string of the molecule is CC(CN1C(=O)c2ccccc2C1=O)Nc1nc(Cl)c(C#N)cc1F. The number of carbonyl (C=O) groups excluding carboxylic acids is 2. The van der Waals surface area contributed by atoms with Gasteiger partial charge in [-0.15, -0.1) is 0 Å². The molecule has 0 fully saturated rings. The Kier molecular flexibility index (Phi) is 4.38. The zero-order valence-electron chi connectivity index (χ0n) is 13.1. The van der Waals surface area contributed by atoms with Crippen molar-refractivity contribution in [3.8, 4) is 6.07 Å². The number of halogens is 2. The van der Waals surface area contributed by atoms with Crippen LogP contribution in [0.3, 0.4) is 0 Å². The Morgan fingerprint density at radius 3 is 2.48 bits per heavy atom. The van der Waals surface area contributed by atoms with Gasteiger partial charge in [-0.05, 0) is 25.1 Å². The number of amides is 2. The molecule has 6 nitrogen and oxygen atoms in total. The highest BCUT2D eigenvalue weighted by Gasteiger charge is 2.35. The summed E-state index contributed by atoms with van der Waals surface area (Å²) in [6.07, 6.45) is 0. The van der Waals surface area contributed by atoms with Crippen molar-refractivity contribution < 1.29 is 14.0 Å². The molecule has 1 aromatic heterocycles. The number of hydrogen-bond acceptors (Lipinski definition) is 5. The molecule has 25 heavy (non-hydrogen) atoms. The van der Waals surface area contributed by atoms with Gasteiger partial charge in [0.25, 0.3) is 11.8 Å². The van der Waals surface area contributed by atoms with Gasteiger partial charge in [0.2, 0.25) is 0 Å². The lowest BCUT2D eigenvalue weighted by Gasteiger charge is -2.21. The van der Waals surface area contributed by atoms with E-state index in [1.165, 1.54) is 0 Å². The molecule has 2 heterocycles. The van der Waals surface area contributed by atoms with Crippen LogP contribution in [0.4, 0.5) is 10.2 Å².